The van der Waals surface area contributed by atoms with Crippen LogP contribution in [0.4, 0.5) is 0 Å². The third kappa shape index (κ3) is 3.78. The first-order valence-electron chi connectivity index (χ1n) is 5.98. The van der Waals surface area contributed by atoms with Crippen LogP contribution in [0.1, 0.15) is 16.5 Å². The van der Waals surface area contributed by atoms with E-state index in [1.807, 2.05) is 24.3 Å². The molecule has 1 unspecified atom stereocenters. The Labute approximate surface area is 156 Å². The van der Waals surface area contributed by atoms with Crippen LogP contribution in [0.5, 0.6) is 11.5 Å². The van der Waals surface area contributed by atoms with Gasteiger partial charge in [-0.05, 0) is 58.0 Å². The van der Waals surface area contributed by atoms with Crippen molar-refractivity contribution < 1.29 is 9.47 Å². The summed E-state index contributed by atoms with van der Waals surface area (Å²) < 4.78 is 12.6. The van der Waals surface area contributed by atoms with Gasteiger partial charge in [0.1, 0.15) is 0 Å². The molecule has 0 aliphatic rings. The van der Waals surface area contributed by atoms with Gasteiger partial charge in [-0.25, -0.2) is 0 Å². The lowest BCUT2D eigenvalue weighted by Crippen LogP contribution is -1.99. The molecular formula is C15H12BrCl2IO2. The number of hydrogen-bond donors (Lipinski definition) is 0. The summed E-state index contributed by atoms with van der Waals surface area (Å²) in [6, 6.07) is 9.53. The average Bonchev–Trinajstić information content (AvgIpc) is 2.48. The Hall–Kier alpha value is -0.170. The second-order valence-electron chi connectivity index (χ2n) is 4.26. The van der Waals surface area contributed by atoms with E-state index in [0.717, 1.165) is 19.2 Å². The predicted octanol–water partition coefficient (Wildman–Crippen LogP) is 6.05. The zero-order valence-corrected chi connectivity index (χ0v) is 16.5. The van der Waals surface area contributed by atoms with Gasteiger partial charge in [-0.15, -0.1) is 11.6 Å². The van der Waals surface area contributed by atoms with Crippen molar-refractivity contribution >= 4 is 61.7 Å². The van der Waals surface area contributed by atoms with E-state index in [9.17, 15) is 0 Å². The zero-order chi connectivity index (χ0) is 15.6. The number of hydrogen-bond acceptors (Lipinski definition) is 2. The minimum Gasteiger partial charge on any atom is -0.493 e. The predicted molar refractivity (Wildman–Crippen MR) is 99.1 cm³/mol. The van der Waals surface area contributed by atoms with Gasteiger partial charge in [-0.1, -0.05) is 27.5 Å². The summed E-state index contributed by atoms with van der Waals surface area (Å²) in [7, 11) is 3.16. The lowest BCUT2D eigenvalue weighted by atomic mass is 10.0. The molecule has 0 saturated carbocycles. The van der Waals surface area contributed by atoms with Gasteiger partial charge in [0.2, 0.25) is 0 Å². The van der Waals surface area contributed by atoms with E-state index in [0.29, 0.717) is 16.5 Å². The molecule has 1 atom stereocenters. The van der Waals surface area contributed by atoms with Gasteiger partial charge in [-0.2, -0.15) is 0 Å². The summed E-state index contributed by atoms with van der Waals surface area (Å²) in [4.78, 5) is 0. The lowest BCUT2D eigenvalue weighted by Gasteiger charge is -2.17. The molecule has 0 aliphatic heterocycles. The maximum absolute atomic E-state index is 6.62. The number of benzene rings is 2. The average molecular weight is 502 g/mol. The van der Waals surface area contributed by atoms with E-state index in [1.54, 1.807) is 20.3 Å². The van der Waals surface area contributed by atoms with Crippen molar-refractivity contribution in [3.05, 3.63) is 54.5 Å². The quantitative estimate of drug-likeness (QED) is 0.375. The Bertz CT molecular complexity index is 664. The molecule has 0 amide bonds. The monoisotopic (exact) mass is 500 g/mol. The van der Waals surface area contributed by atoms with Crippen molar-refractivity contribution in [1.82, 2.24) is 0 Å². The van der Waals surface area contributed by atoms with Crippen molar-refractivity contribution in [2.75, 3.05) is 14.2 Å². The van der Waals surface area contributed by atoms with Gasteiger partial charge < -0.3 is 9.47 Å². The van der Waals surface area contributed by atoms with Crippen molar-refractivity contribution in [2.24, 2.45) is 0 Å². The molecule has 0 heterocycles. The van der Waals surface area contributed by atoms with E-state index in [1.165, 1.54) is 0 Å². The van der Waals surface area contributed by atoms with E-state index in [4.69, 9.17) is 32.7 Å². The standard InChI is InChI=1S/C15H12BrCl2IO2/c1-20-13-6-10(12(17)7-14(13)21-2)15(18)9-5-8(19)3-4-11(9)16/h3-7,15H,1-2H3. The van der Waals surface area contributed by atoms with Crippen molar-refractivity contribution in [3.63, 3.8) is 0 Å². The topological polar surface area (TPSA) is 18.5 Å². The van der Waals surface area contributed by atoms with Crippen LogP contribution in [0.15, 0.2) is 34.8 Å². The van der Waals surface area contributed by atoms with Gasteiger partial charge in [0.15, 0.2) is 11.5 Å². The summed E-state index contributed by atoms with van der Waals surface area (Å²) in [5, 5.41) is 0.153. The highest BCUT2D eigenvalue weighted by Crippen LogP contribution is 2.42. The van der Waals surface area contributed by atoms with Crippen molar-refractivity contribution in [3.8, 4) is 11.5 Å². The normalized spacial score (nSPS) is 12.1. The van der Waals surface area contributed by atoms with E-state index in [2.05, 4.69) is 38.5 Å². The van der Waals surface area contributed by atoms with Gasteiger partial charge in [0.05, 0.1) is 19.6 Å². The molecule has 2 aromatic carbocycles. The molecule has 0 saturated heterocycles. The minimum absolute atomic E-state index is 0.388. The minimum atomic E-state index is -0.388. The van der Waals surface area contributed by atoms with Crippen LogP contribution in [0, 0.1) is 3.57 Å². The molecule has 0 aliphatic carbocycles. The molecule has 0 fully saturated rings. The Morgan fingerprint density at radius 3 is 2.29 bits per heavy atom. The summed E-state index contributed by atoms with van der Waals surface area (Å²) in [5.41, 5.74) is 1.73. The number of alkyl halides is 1. The van der Waals surface area contributed by atoms with Gasteiger partial charge >= 0.3 is 0 Å². The van der Waals surface area contributed by atoms with Crippen molar-refractivity contribution in [1.29, 1.82) is 0 Å². The van der Waals surface area contributed by atoms with E-state index >= 15 is 0 Å². The number of methoxy groups -OCH3 is 2. The zero-order valence-electron chi connectivity index (χ0n) is 11.3. The summed E-state index contributed by atoms with van der Waals surface area (Å²) in [5.74, 6) is 1.18. The Balaban J connectivity index is 2.52. The van der Waals surface area contributed by atoms with Gasteiger partial charge in [0.25, 0.3) is 0 Å². The number of rotatable bonds is 4. The smallest absolute Gasteiger partial charge is 0.162 e. The van der Waals surface area contributed by atoms with Crippen LogP contribution >= 0.6 is 61.7 Å². The van der Waals surface area contributed by atoms with Crippen LogP contribution in [0.2, 0.25) is 5.02 Å². The Morgan fingerprint density at radius 1 is 1.05 bits per heavy atom. The van der Waals surface area contributed by atoms with E-state index < -0.39 is 0 Å². The first-order valence-corrected chi connectivity index (χ1v) is 8.67. The summed E-state index contributed by atoms with van der Waals surface area (Å²) in [6.07, 6.45) is 0. The second-order valence-corrected chi connectivity index (χ2v) is 7.20. The fourth-order valence-electron chi connectivity index (χ4n) is 1.94. The molecule has 0 aromatic heterocycles. The van der Waals surface area contributed by atoms with Crippen LogP contribution in [0.25, 0.3) is 0 Å². The fourth-order valence-corrected chi connectivity index (χ4v) is 3.74. The molecule has 21 heavy (non-hydrogen) atoms. The lowest BCUT2D eigenvalue weighted by molar-refractivity contribution is 0.354. The number of halogens is 4. The highest BCUT2D eigenvalue weighted by atomic mass is 127. The molecule has 2 nitrogen and oxygen atoms in total. The largest absolute Gasteiger partial charge is 0.493 e. The van der Waals surface area contributed by atoms with Crippen LogP contribution in [-0.4, -0.2) is 14.2 Å². The summed E-state index contributed by atoms with van der Waals surface area (Å²) in [6.45, 7) is 0. The van der Waals surface area contributed by atoms with Gasteiger partial charge in [-0.3, -0.25) is 0 Å². The van der Waals surface area contributed by atoms with Crippen LogP contribution in [0.3, 0.4) is 0 Å². The first-order chi connectivity index (χ1) is 9.97. The summed E-state index contributed by atoms with van der Waals surface area (Å²) >= 11 is 18.7. The molecule has 0 radical (unpaired) electrons. The SMILES string of the molecule is COc1cc(Cl)c(C(Cl)c2cc(I)ccc2Br)cc1OC. The Morgan fingerprint density at radius 2 is 1.67 bits per heavy atom. The highest BCUT2D eigenvalue weighted by Gasteiger charge is 2.20. The first kappa shape index (κ1) is 17.2. The van der Waals surface area contributed by atoms with Gasteiger partial charge in [0, 0.05) is 19.1 Å². The maximum Gasteiger partial charge on any atom is 0.162 e. The molecule has 2 aromatic rings. The Kier molecular flexibility index (Phi) is 6.05. The second kappa shape index (κ2) is 7.40. The third-order valence-corrected chi connectivity index (χ3v) is 5.20. The third-order valence-electron chi connectivity index (χ3n) is 3.01. The van der Waals surface area contributed by atoms with Crippen molar-refractivity contribution in [2.45, 2.75) is 5.38 Å². The molecule has 112 valence electrons. The molecule has 0 bridgehead atoms. The molecule has 2 rings (SSSR count). The maximum atomic E-state index is 6.62. The molecular weight excluding hydrogens is 490 g/mol. The highest BCUT2D eigenvalue weighted by molar-refractivity contribution is 14.1. The van der Waals surface area contributed by atoms with E-state index in [-0.39, 0.29) is 5.38 Å². The van der Waals surface area contributed by atoms with Crippen LogP contribution < -0.4 is 9.47 Å². The number of ether oxygens (including phenoxy) is 2. The molecule has 0 spiro atoms. The molecule has 6 heteroatoms. The molecule has 0 N–H and O–H groups in total. The van der Waals surface area contributed by atoms with Crippen LogP contribution in [-0.2, 0) is 0 Å². The fraction of sp³-hybridized carbons (Fsp3) is 0.200.